The van der Waals surface area contributed by atoms with Crippen LogP contribution in [0.15, 0.2) is 48.5 Å². The van der Waals surface area contributed by atoms with Gasteiger partial charge in [-0.25, -0.2) is 4.79 Å². The third kappa shape index (κ3) is 9.13. The lowest BCUT2D eigenvalue weighted by Gasteiger charge is -2.18. The molecule has 0 atom stereocenters. The Morgan fingerprint density at radius 3 is 1.59 bits per heavy atom. The van der Waals surface area contributed by atoms with Gasteiger partial charge in [0.05, 0.1) is 0 Å². The molecule has 4 heteroatoms. The summed E-state index contributed by atoms with van der Waals surface area (Å²) in [4.78, 5) is 11.4. The fourth-order valence-corrected chi connectivity index (χ4v) is 2.15. The number of phenols is 1. The molecule has 0 amide bonds. The van der Waals surface area contributed by atoms with Crippen LogP contribution < -0.4 is 4.74 Å². The van der Waals surface area contributed by atoms with E-state index in [2.05, 4.69) is 27.7 Å². The van der Waals surface area contributed by atoms with E-state index in [-0.39, 0.29) is 0 Å². The predicted molar refractivity (Wildman–Crippen MR) is 110 cm³/mol. The van der Waals surface area contributed by atoms with Gasteiger partial charge in [-0.1, -0.05) is 52.0 Å². The summed E-state index contributed by atoms with van der Waals surface area (Å²) in [5, 5.41) is 8.94. The van der Waals surface area contributed by atoms with E-state index in [4.69, 9.17) is 14.6 Å². The summed E-state index contributed by atoms with van der Waals surface area (Å²) >= 11 is 0. The maximum Gasteiger partial charge on any atom is 0.514 e. The van der Waals surface area contributed by atoms with Crippen molar-refractivity contribution >= 4 is 6.16 Å². The molecule has 4 nitrogen and oxygen atoms in total. The van der Waals surface area contributed by atoms with Crippen molar-refractivity contribution in [2.75, 3.05) is 0 Å². The van der Waals surface area contributed by atoms with Crippen molar-refractivity contribution in [2.45, 2.75) is 65.9 Å². The number of ether oxygens (including phenoxy) is 2. The normalized spacial score (nSPS) is 11.0. The second-order valence-electron chi connectivity index (χ2n) is 8.04. The van der Waals surface area contributed by atoms with Crippen LogP contribution in [0.25, 0.3) is 0 Å². The number of carbonyl (C=O) groups excluding carboxylic acids is 1. The van der Waals surface area contributed by atoms with Crippen LogP contribution in [0.1, 0.15) is 71.4 Å². The third-order valence-corrected chi connectivity index (χ3v) is 3.70. The number of hydrogen-bond acceptors (Lipinski definition) is 4. The molecule has 0 bridgehead atoms. The highest BCUT2D eigenvalue weighted by atomic mass is 16.7. The molecule has 0 saturated carbocycles. The Balaban J connectivity index is 0.000000309. The molecule has 0 aliphatic heterocycles. The highest BCUT2D eigenvalue weighted by Gasteiger charge is 2.17. The van der Waals surface area contributed by atoms with Crippen LogP contribution in [0, 0.1) is 0 Å². The molecular weight excluding hydrogens is 340 g/mol. The van der Waals surface area contributed by atoms with E-state index in [1.807, 2.05) is 24.3 Å². The van der Waals surface area contributed by atoms with Gasteiger partial charge in [0.2, 0.25) is 0 Å². The predicted octanol–water partition coefficient (Wildman–Crippen LogP) is 6.64. The third-order valence-electron chi connectivity index (χ3n) is 3.70. The van der Waals surface area contributed by atoms with Gasteiger partial charge in [0.1, 0.15) is 17.1 Å². The van der Waals surface area contributed by atoms with Gasteiger partial charge < -0.3 is 14.6 Å². The number of benzene rings is 2. The minimum atomic E-state index is -0.671. The van der Waals surface area contributed by atoms with E-state index in [0.29, 0.717) is 23.3 Å². The molecule has 0 spiro atoms. The van der Waals surface area contributed by atoms with Crippen molar-refractivity contribution in [1.82, 2.24) is 0 Å². The first-order valence-corrected chi connectivity index (χ1v) is 9.27. The highest BCUT2D eigenvalue weighted by molar-refractivity contribution is 5.64. The van der Waals surface area contributed by atoms with E-state index in [1.165, 1.54) is 11.1 Å². The van der Waals surface area contributed by atoms with Gasteiger partial charge in [-0.05, 0) is 68.0 Å². The Labute approximate surface area is 163 Å². The largest absolute Gasteiger partial charge is 0.514 e. The zero-order valence-corrected chi connectivity index (χ0v) is 17.4. The highest BCUT2D eigenvalue weighted by Crippen LogP contribution is 2.20. The van der Waals surface area contributed by atoms with Crippen LogP contribution in [0.2, 0.25) is 0 Å². The molecular formula is C23H32O4. The quantitative estimate of drug-likeness (QED) is 0.485. The van der Waals surface area contributed by atoms with Gasteiger partial charge >= 0.3 is 6.16 Å². The van der Waals surface area contributed by atoms with Crippen LogP contribution in [0.4, 0.5) is 4.79 Å². The second kappa shape index (κ2) is 10.0. The Kier molecular flexibility index (Phi) is 8.35. The van der Waals surface area contributed by atoms with E-state index >= 15 is 0 Å². The summed E-state index contributed by atoms with van der Waals surface area (Å²) in [6.45, 7) is 13.9. The number of rotatable bonds is 3. The summed E-state index contributed by atoms with van der Waals surface area (Å²) in [6, 6.07) is 14.8. The summed E-state index contributed by atoms with van der Waals surface area (Å²) < 4.78 is 10.1. The van der Waals surface area contributed by atoms with Gasteiger partial charge in [-0.2, -0.15) is 0 Å². The fourth-order valence-electron chi connectivity index (χ4n) is 2.15. The molecule has 2 rings (SSSR count). The molecule has 0 aliphatic carbocycles. The average Bonchev–Trinajstić information content (AvgIpc) is 2.54. The van der Waals surface area contributed by atoms with Crippen molar-refractivity contribution in [3.05, 3.63) is 59.7 Å². The summed E-state index contributed by atoms with van der Waals surface area (Å²) in [7, 11) is 0. The van der Waals surface area contributed by atoms with Crippen LogP contribution in [-0.4, -0.2) is 16.9 Å². The zero-order valence-electron chi connectivity index (χ0n) is 17.4. The molecule has 0 saturated heterocycles. The van der Waals surface area contributed by atoms with E-state index < -0.39 is 11.8 Å². The standard InChI is InChI=1S/C14H20O3.C9H12O/c1-10(2)11-6-8-12(9-7-11)16-13(15)17-14(3,4)5;1-7(2)8-3-5-9(10)6-4-8/h6-10H,1-5H3;3-7,10H,1-2H3. The van der Waals surface area contributed by atoms with Gasteiger partial charge in [-0.15, -0.1) is 0 Å². The first kappa shape index (κ1) is 22.6. The van der Waals surface area contributed by atoms with Crippen molar-refractivity contribution in [1.29, 1.82) is 0 Å². The fraction of sp³-hybridized carbons (Fsp3) is 0.435. The minimum absolute atomic E-state index is 0.337. The lowest BCUT2D eigenvalue weighted by molar-refractivity contribution is 0.0206. The lowest BCUT2D eigenvalue weighted by atomic mass is 10.0. The molecule has 1 N–H and O–H groups in total. The smallest absolute Gasteiger partial charge is 0.508 e. The van der Waals surface area contributed by atoms with Crippen molar-refractivity contribution in [3.8, 4) is 11.5 Å². The molecule has 148 valence electrons. The molecule has 0 aromatic heterocycles. The van der Waals surface area contributed by atoms with Crippen molar-refractivity contribution in [3.63, 3.8) is 0 Å². The van der Waals surface area contributed by atoms with Crippen LogP contribution >= 0.6 is 0 Å². The molecule has 2 aromatic rings. The SMILES string of the molecule is CC(C)c1ccc(O)cc1.CC(C)c1ccc(OC(=O)OC(C)(C)C)cc1. The number of hydrogen-bond donors (Lipinski definition) is 1. The zero-order chi connectivity index (χ0) is 20.6. The van der Waals surface area contributed by atoms with E-state index in [9.17, 15) is 4.79 Å². The Bertz CT molecular complexity index is 693. The second-order valence-corrected chi connectivity index (χ2v) is 8.04. The summed E-state index contributed by atoms with van der Waals surface area (Å²) in [6.07, 6.45) is -0.671. The van der Waals surface area contributed by atoms with Crippen LogP contribution in [0.3, 0.4) is 0 Å². The Hall–Kier alpha value is -2.49. The number of aromatic hydroxyl groups is 1. The molecule has 0 unspecified atom stereocenters. The van der Waals surface area contributed by atoms with Gasteiger partial charge in [0.15, 0.2) is 0 Å². The van der Waals surface area contributed by atoms with Gasteiger partial charge in [0, 0.05) is 0 Å². The molecule has 0 aliphatic rings. The minimum Gasteiger partial charge on any atom is -0.508 e. The summed E-state index contributed by atoms with van der Waals surface area (Å²) in [5.41, 5.74) is 1.94. The van der Waals surface area contributed by atoms with Gasteiger partial charge in [-0.3, -0.25) is 0 Å². The van der Waals surface area contributed by atoms with Crippen molar-refractivity contribution in [2.24, 2.45) is 0 Å². The molecule has 27 heavy (non-hydrogen) atoms. The first-order chi connectivity index (χ1) is 12.5. The van der Waals surface area contributed by atoms with Crippen LogP contribution in [-0.2, 0) is 4.74 Å². The lowest BCUT2D eigenvalue weighted by Crippen LogP contribution is -2.25. The molecule has 0 radical (unpaired) electrons. The molecule has 0 heterocycles. The number of carbonyl (C=O) groups is 1. The summed E-state index contributed by atoms with van der Waals surface area (Å²) in [5.74, 6) is 1.85. The Morgan fingerprint density at radius 1 is 0.815 bits per heavy atom. The van der Waals surface area contributed by atoms with Gasteiger partial charge in [0.25, 0.3) is 0 Å². The molecule has 2 aromatic carbocycles. The topological polar surface area (TPSA) is 55.8 Å². The maximum absolute atomic E-state index is 11.4. The van der Waals surface area contributed by atoms with E-state index in [0.717, 1.165) is 0 Å². The molecule has 0 fully saturated rings. The van der Waals surface area contributed by atoms with E-state index in [1.54, 1.807) is 45.0 Å². The maximum atomic E-state index is 11.4. The average molecular weight is 373 g/mol. The van der Waals surface area contributed by atoms with Crippen molar-refractivity contribution < 1.29 is 19.4 Å². The first-order valence-electron chi connectivity index (χ1n) is 9.27. The Morgan fingerprint density at radius 2 is 1.22 bits per heavy atom. The monoisotopic (exact) mass is 372 g/mol. The van der Waals surface area contributed by atoms with Crippen LogP contribution in [0.5, 0.6) is 11.5 Å². The number of phenolic OH excluding ortho intramolecular Hbond substituents is 1.